The van der Waals surface area contributed by atoms with Crippen molar-refractivity contribution >= 4 is 41.2 Å². The number of halogens is 1. The fourth-order valence-corrected chi connectivity index (χ4v) is 3.44. The summed E-state index contributed by atoms with van der Waals surface area (Å²) < 4.78 is 5.63. The Kier molecular flexibility index (Phi) is 9.80. The van der Waals surface area contributed by atoms with Gasteiger partial charge in [-0.25, -0.2) is 5.43 Å². The number of carbonyl (C=O) groups excluding carboxylic acids is 3. The summed E-state index contributed by atoms with van der Waals surface area (Å²) in [5, 5.41) is 9.68. The lowest BCUT2D eigenvalue weighted by molar-refractivity contribution is -0.139. The average Bonchev–Trinajstić information content (AvgIpc) is 2.89. The summed E-state index contributed by atoms with van der Waals surface area (Å²) in [4.78, 5) is 36.5. The van der Waals surface area contributed by atoms with Crippen molar-refractivity contribution in [2.45, 2.75) is 33.2 Å². The maximum absolute atomic E-state index is 12.3. The molecule has 0 saturated carbocycles. The number of hydrazone groups is 1. The maximum Gasteiger partial charge on any atom is 0.329 e. The molecule has 9 heteroatoms. The molecule has 3 aromatic rings. The first kappa shape index (κ1) is 27.4. The first-order valence-electron chi connectivity index (χ1n) is 11.7. The van der Waals surface area contributed by atoms with Crippen LogP contribution in [0.3, 0.4) is 0 Å². The van der Waals surface area contributed by atoms with Gasteiger partial charge in [-0.15, -0.1) is 0 Å². The molecule has 0 fully saturated rings. The van der Waals surface area contributed by atoms with Crippen LogP contribution in [-0.4, -0.2) is 30.5 Å². The summed E-state index contributed by atoms with van der Waals surface area (Å²) in [5.74, 6) is -1.26. The quantitative estimate of drug-likeness (QED) is 0.218. The fraction of sp³-hybridized carbons (Fsp3) is 0.214. The third kappa shape index (κ3) is 8.47. The Morgan fingerprint density at radius 2 is 1.73 bits per heavy atom. The lowest BCUT2D eigenvalue weighted by Gasteiger charge is -2.11. The van der Waals surface area contributed by atoms with Crippen LogP contribution < -0.4 is 20.8 Å². The number of hydrogen-bond donors (Lipinski definition) is 3. The molecule has 0 heterocycles. The summed E-state index contributed by atoms with van der Waals surface area (Å²) in [5.41, 5.74) is 6.27. The van der Waals surface area contributed by atoms with E-state index in [1.807, 2.05) is 37.3 Å². The Bertz CT molecular complexity index is 1290. The lowest BCUT2D eigenvalue weighted by Crippen LogP contribution is -2.37. The van der Waals surface area contributed by atoms with Gasteiger partial charge in [0.2, 0.25) is 0 Å². The van der Waals surface area contributed by atoms with E-state index in [1.165, 1.54) is 11.8 Å². The molecule has 3 aromatic carbocycles. The van der Waals surface area contributed by atoms with Crippen molar-refractivity contribution in [1.82, 2.24) is 10.7 Å². The zero-order chi connectivity index (χ0) is 26.8. The lowest BCUT2D eigenvalue weighted by atomic mass is 10.0. The molecule has 3 N–H and O–H groups in total. The number of rotatable bonds is 9. The highest BCUT2D eigenvalue weighted by Gasteiger charge is 2.13. The smallest absolute Gasteiger partial charge is 0.329 e. The number of carbonyl (C=O) groups is 3. The van der Waals surface area contributed by atoms with E-state index < -0.39 is 11.8 Å². The van der Waals surface area contributed by atoms with Crippen molar-refractivity contribution in [2.24, 2.45) is 5.10 Å². The van der Waals surface area contributed by atoms with E-state index in [-0.39, 0.29) is 19.1 Å². The molecule has 0 atom stereocenters. The predicted octanol–water partition coefficient (Wildman–Crippen LogP) is 4.56. The van der Waals surface area contributed by atoms with Crippen LogP contribution in [0.2, 0.25) is 5.02 Å². The molecular formula is C28H29ClN4O4. The van der Waals surface area contributed by atoms with Gasteiger partial charge in [-0.3, -0.25) is 14.4 Å². The Balaban J connectivity index is 1.49. The highest BCUT2D eigenvalue weighted by molar-refractivity contribution is 6.35. The number of nitrogens with zero attached hydrogens (tertiary/aromatic N) is 1. The summed E-state index contributed by atoms with van der Waals surface area (Å²) in [6.45, 7) is 6.04. The van der Waals surface area contributed by atoms with Crippen LogP contribution in [0.1, 0.15) is 42.0 Å². The third-order valence-corrected chi connectivity index (χ3v) is 5.66. The molecule has 37 heavy (non-hydrogen) atoms. The number of anilines is 1. The Morgan fingerprint density at radius 3 is 2.46 bits per heavy atom. The van der Waals surface area contributed by atoms with Crippen molar-refractivity contribution in [3.8, 4) is 5.75 Å². The predicted molar refractivity (Wildman–Crippen MR) is 145 cm³/mol. The zero-order valence-corrected chi connectivity index (χ0v) is 21.6. The normalized spacial score (nSPS) is 10.8. The largest absolute Gasteiger partial charge is 0.483 e. The molecule has 0 bridgehead atoms. The molecule has 3 rings (SSSR count). The van der Waals surface area contributed by atoms with Gasteiger partial charge in [0, 0.05) is 22.8 Å². The molecule has 8 nitrogen and oxygen atoms in total. The van der Waals surface area contributed by atoms with Crippen LogP contribution in [0.5, 0.6) is 5.75 Å². The highest BCUT2D eigenvalue weighted by Crippen LogP contribution is 2.21. The topological polar surface area (TPSA) is 109 Å². The summed E-state index contributed by atoms with van der Waals surface area (Å²) >= 11 is 5.99. The molecule has 0 radical (unpaired) electrons. The minimum Gasteiger partial charge on any atom is -0.483 e. The van der Waals surface area contributed by atoms with Gasteiger partial charge in [-0.2, -0.15) is 5.10 Å². The number of para-hydroxylation sites is 1. The Morgan fingerprint density at radius 1 is 1.00 bits per heavy atom. The maximum atomic E-state index is 12.3. The molecule has 192 valence electrons. The van der Waals surface area contributed by atoms with Crippen LogP contribution >= 0.6 is 11.6 Å². The second-order valence-electron chi connectivity index (χ2n) is 8.61. The zero-order valence-electron chi connectivity index (χ0n) is 20.9. The van der Waals surface area contributed by atoms with Crippen LogP contribution in [0.15, 0.2) is 71.8 Å². The van der Waals surface area contributed by atoms with Gasteiger partial charge in [-0.1, -0.05) is 67.9 Å². The number of nitrogens with one attached hydrogen (secondary N) is 3. The Hall–Kier alpha value is -4.17. The van der Waals surface area contributed by atoms with Gasteiger partial charge in [0.05, 0.1) is 6.21 Å². The van der Waals surface area contributed by atoms with Gasteiger partial charge < -0.3 is 15.4 Å². The van der Waals surface area contributed by atoms with Crippen LogP contribution in [0.25, 0.3) is 0 Å². The monoisotopic (exact) mass is 520 g/mol. The second-order valence-corrected chi connectivity index (χ2v) is 9.05. The van der Waals surface area contributed by atoms with E-state index in [0.717, 1.165) is 11.1 Å². The van der Waals surface area contributed by atoms with Crippen molar-refractivity contribution in [3.05, 3.63) is 94.0 Å². The highest BCUT2D eigenvalue weighted by atomic mass is 35.5. The van der Waals surface area contributed by atoms with Crippen molar-refractivity contribution in [2.75, 3.05) is 11.9 Å². The van der Waals surface area contributed by atoms with Gasteiger partial charge in [0.25, 0.3) is 5.91 Å². The van der Waals surface area contributed by atoms with Crippen LogP contribution in [-0.2, 0) is 20.9 Å². The van der Waals surface area contributed by atoms with E-state index >= 15 is 0 Å². The molecule has 0 aromatic heterocycles. The number of aryl methyl sites for hydroxylation is 1. The molecule has 3 amide bonds. The summed E-state index contributed by atoms with van der Waals surface area (Å²) in [6, 6.07) is 19.9. The minimum absolute atomic E-state index is 0.224. The van der Waals surface area contributed by atoms with Crippen molar-refractivity contribution < 1.29 is 19.1 Å². The number of hydrogen-bond acceptors (Lipinski definition) is 5. The third-order valence-electron chi connectivity index (χ3n) is 5.43. The SMILES string of the molecule is Cc1ccc(Cl)cc1NC(=O)COc1ccccc1/C=N\NC(=O)C(=O)NCc1ccc(C(C)C)cc1. The van der Waals surface area contributed by atoms with E-state index in [2.05, 4.69) is 35.0 Å². The molecular weight excluding hydrogens is 492 g/mol. The molecule has 0 unspecified atom stereocenters. The number of benzene rings is 3. The number of ether oxygens (including phenoxy) is 1. The average molecular weight is 521 g/mol. The van der Waals surface area contributed by atoms with E-state index in [0.29, 0.717) is 27.9 Å². The first-order valence-corrected chi connectivity index (χ1v) is 12.1. The van der Waals surface area contributed by atoms with Crippen molar-refractivity contribution in [3.63, 3.8) is 0 Å². The van der Waals surface area contributed by atoms with Crippen LogP contribution in [0, 0.1) is 6.92 Å². The van der Waals surface area contributed by atoms with Crippen molar-refractivity contribution in [1.29, 1.82) is 0 Å². The van der Waals surface area contributed by atoms with E-state index in [1.54, 1.807) is 36.4 Å². The van der Waals surface area contributed by atoms with E-state index in [9.17, 15) is 14.4 Å². The van der Waals surface area contributed by atoms with Gasteiger partial charge in [0.15, 0.2) is 6.61 Å². The van der Waals surface area contributed by atoms with Gasteiger partial charge in [-0.05, 0) is 53.8 Å². The molecule has 0 spiro atoms. The minimum atomic E-state index is -0.898. The molecule has 0 aliphatic carbocycles. The molecule has 0 saturated heterocycles. The molecule has 0 aliphatic rings. The summed E-state index contributed by atoms with van der Waals surface area (Å²) in [6.07, 6.45) is 1.34. The molecule has 0 aliphatic heterocycles. The van der Waals surface area contributed by atoms with Gasteiger partial charge >= 0.3 is 11.8 Å². The first-order chi connectivity index (χ1) is 17.7. The van der Waals surface area contributed by atoms with Gasteiger partial charge in [0.1, 0.15) is 5.75 Å². The Labute approximate surface area is 221 Å². The van der Waals surface area contributed by atoms with Crippen LogP contribution in [0.4, 0.5) is 5.69 Å². The second kappa shape index (κ2) is 13.2. The number of amides is 3. The van der Waals surface area contributed by atoms with E-state index in [4.69, 9.17) is 16.3 Å². The standard InChI is InChI=1S/C28H29ClN4O4/c1-18(2)21-11-9-20(10-12-21)15-30-27(35)28(36)33-31-16-22-6-4-5-7-25(22)37-17-26(34)32-24-14-23(29)13-8-19(24)3/h4-14,16,18H,15,17H2,1-3H3,(H,30,35)(H,32,34)(H,33,36)/b31-16-. The summed E-state index contributed by atoms with van der Waals surface area (Å²) in [7, 11) is 0. The fourth-order valence-electron chi connectivity index (χ4n) is 3.27.